The van der Waals surface area contributed by atoms with Gasteiger partial charge in [0.15, 0.2) is 0 Å². The number of hydrogen-bond acceptors (Lipinski definition) is 4. The highest BCUT2D eigenvalue weighted by atomic mass is 16.5. The van der Waals surface area contributed by atoms with Crippen LogP contribution in [-0.2, 0) is 9.53 Å². The van der Waals surface area contributed by atoms with E-state index < -0.39 is 5.54 Å². The van der Waals surface area contributed by atoms with E-state index in [9.17, 15) is 9.59 Å². The number of ether oxygens (including phenoxy) is 1. The van der Waals surface area contributed by atoms with Crippen molar-refractivity contribution in [2.45, 2.75) is 24.9 Å². The van der Waals surface area contributed by atoms with Crippen molar-refractivity contribution < 1.29 is 9.53 Å². The van der Waals surface area contributed by atoms with E-state index in [1.807, 2.05) is 25.1 Å². The normalized spacial score (nSPS) is 23.3. The molecule has 1 saturated heterocycles. The van der Waals surface area contributed by atoms with Gasteiger partial charge in [0.2, 0.25) is 5.91 Å². The summed E-state index contributed by atoms with van der Waals surface area (Å²) in [6, 6.07) is 5.31. The molecule has 0 bridgehead atoms. The summed E-state index contributed by atoms with van der Waals surface area (Å²) in [5, 5.41) is 2.90. The lowest BCUT2D eigenvalue weighted by atomic mass is 9.98. The standard InChI is InChI=1S/C14H18N4O3/c1-8(16-12(19)14(15)4-5-21-7-14)9-2-3-10-11(6-9)18-13(20)17-10/h2-3,6,8H,4-5,7,15H2,1H3,(H,16,19)(H2,17,18,20). The van der Waals surface area contributed by atoms with E-state index in [1.54, 1.807) is 0 Å². The number of carbonyl (C=O) groups is 1. The first-order chi connectivity index (χ1) is 9.98. The number of rotatable bonds is 3. The minimum absolute atomic E-state index is 0.207. The molecule has 2 heterocycles. The van der Waals surface area contributed by atoms with Crippen LogP contribution >= 0.6 is 0 Å². The number of fused-ring (bicyclic) bond motifs is 1. The van der Waals surface area contributed by atoms with Gasteiger partial charge in [-0.05, 0) is 31.0 Å². The zero-order valence-corrected chi connectivity index (χ0v) is 11.7. The molecule has 5 N–H and O–H groups in total. The summed E-state index contributed by atoms with van der Waals surface area (Å²) in [5.41, 5.74) is 7.19. The average molecular weight is 290 g/mol. The van der Waals surface area contributed by atoms with Gasteiger partial charge in [0.05, 0.1) is 23.7 Å². The van der Waals surface area contributed by atoms with Crippen molar-refractivity contribution in [2.75, 3.05) is 13.2 Å². The summed E-state index contributed by atoms with van der Waals surface area (Å²) in [6.07, 6.45) is 0.524. The first-order valence-corrected chi connectivity index (χ1v) is 6.87. The molecular weight excluding hydrogens is 272 g/mol. The van der Waals surface area contributed by atoms with Crippen LogP contribution in [0.1, 0.15) is 24.9 Å². The van der Waals surface area contributed by atoms with E-state index in [4.69, 9.17) is 10.5 Å². The van der Waals surface area contributed by atoms with Crippen molar-refractivity contribution in [3.05, 3.63) is 34.2 Å². The van der Waals surface area contributed by atoms with Gasteiger partial charge in [0.1, 0.15) is 5.54 Å². The number of nitrogens with one attached hydrogen (secondary N) is 3. The molecule has 2 unspecified atom stereocenters. The van der Waals surface area contributed by atoms with Gasteiger partial charge in [-0.1, -0.05) is 6.07 Å². The molecule has 112 valence electrons. The Labute approximate surface area is 120 Å². The zero-order chi connectivity index (χ0) is 15.0. The van der Waals surface area contributed by atoms with Gasteiger partial charge in [-0.25, -0.2) is 4.79 Å². The topological polar surface area (TPSA) is 113 Å². The Morgan fingerprint density at radius 3 is 2.90 bits per heavy atom. The summed E-state index contributed by atoms with van der Waals surface area (Å²) >= 11 is 0. The Bertz CT molecular complexity index is 727. The van der Waals surface area contributed by atoms with Crippen LogP contribution in [0.2, 0.25) is 0 Å². The third kappa shape index (κ3) is 2.57. The predicted octanol–water partition coefficient (Wildman–Crippen LogP) is 0.151. The van der Waals surface area contributed by atoms with E-state index in [-0.39, 0.29) is 24.2 Å². The van der Waals surface area contributed by atoms with Crippen LogP contribution in [0.4, 0.5) is 0 Å². The predicted molar refractivity (Wildman–Crippen MR) is 77.8 cm³/mol. The summed E-state index contributed by atoms with van der Waals surface area (Å²) in [7, 11) is 0. The molecule has 1 aromatic carbocycles. The summed E-state index contributed by atoms with van der Waals surface area (Å²) in [4.78, 5) is 28.9. The van der Waals surface area contributed by atoms with Crippen molar-refractivity contribution in [1.29, 1.82) is 0 Å². The van der Waals surface area contributed by atoms with Crippen LogP contribution < -0.4 is 16.7 Å². The minimum Gasteiger partial charge on any atom is -0.379 e. The minimum atomic E-state index is -0.944. The fourth-order valence-corrected chi connectivity index (χ4v) is 2.50. The summed E-state index contributed by atoms with van der Waals surface area (Å²) < 4.78 is 5.20. The van der Waals surface area contributed by atoms with E-state index in [0.29, 0.717) is 18.5 Å². The van der Waals surface area contributed by atoms with E-state index in [1.165, 1.54) is 0 Å². The molecule has 3 rings (SSSR count). The molecule has 1 aromatic heterocycles. The Hall–Kier alpha value is -2.12. The molecule has 0 saturated carbocycles. The Balaban J connectivity index is 1.78. The number of aromatic nitrogens is 2. The second-order valence-electron chi connectivity index (χ2n) is 5.54. The molecule has 0 spiro atoms. The smallest absolute Gasteiger partial charge is 0.323 e. The van der Waals surface area contributed by atoms with Crippen molar-refractivity contribution >= 4 is 16.9 Å². The number of imidazole rings is 1. The number of nitrogens with two attached hydrogens (primary N) is 1. The van der Waals surface area contributed by atoms with Crippen LogP contribution in [0.25, 0.3) is 11.0 Å². The molecule has 2 aromatic rings. The quantitative estimate of drug-likeness (QED) is 0.644. The van der Waals surface area contributed by atoms with E-state index >= 15 is 0 Å². The molecule has 0 aliphatic carbocycles. The van der Waals surface area contributed by atoms with E-state index in [2.05, 4.69) is 15.3 Å². The second-order valence-corrected chi connectivity index (χ2v) is 5.54. The summed E-state index contributed by atoms with van der Waals surface area (Å²) in [6.45, 7) is 2.63. The van der Waals surface area contributed by atoms with Crippen LogP contribution in [-0.4, -0.2) is 34.6 Å². The molecule has 0 radical (unpaired) electrons. The molecule has 7 nitrogen and oxygen atoms in total. The number of H-pyrrole nitrogens is 2. The SMILES string of the molecule is CC(NC(=O)C1(N)CCOC1)c1ccc2[nH]c(=O)[nH]c2c1. The highest BCUT2D eigenvalue weighted by Gasteiger charge is 2.38. The van der Waals surface area contributed by atoms with Crippen LogP contribution in [0.3, 0.4) is 0 Å². The monoisotopic (exact) mass is 290 g/mol. The first kappa shape index (κ1) is 13.8. The van der Waals surface area contributed by atoms with Crippen LogP contribution in [0, 0.1) is 0 Å². The largest absolute Gasteiger partial charge is 0.379 e. The lowest BCUT2D eigenvalue weighted by molar-refractivity contribution is -0.127. The summed E-state index contributed by atoms with van der Waals surface area (Å²) in [5.74, 6) is -0.213. The molecule has 1 amide bonds. The number of amides is 1. The lowest BCUT2D eigenvalue weighted by Crippen LogP contribution is -2.54. The van der Waals surface area contributed by atoms with Crippen molar-refractivity contribution in [3.8, 4) is 0 Å². The highest BCUT2D eigenvalue weighted by molar-refractivity contribution is 5.87. The molecule has 1 fully saturated rings. The van der Waals surface area contributed by atoms with Crippen molar-refractivity contribution in [1.82, 2.24) is 15.3 Å². The second kappa shape index (κ2) is 5.01. The molecule has 1 aliphatic rings. The van der Waals surface area contributed by atoms with Crippen molar-refractivity contribution in [3.63, 3.8) is 0 Å². The fourth-order valence-electron chi connectivity index (χ4n) is 2.50. The average Bonchev–Trinajstić information content (AvgIpc) is 3.03. The number of aromatic amines is 2. The Kier molecular flexibility index (Phi) is 3.30. The van der Waals surface area contributed by atoms with Crippen molar-refractivity contribution in [2.24, 2.45) is 5.73 Å². The van der Waals surface area contributed by atoms with Gasteiger partial charge in [-0.3, -0.25) is 4.79 Å². The van der Waals surface area contributed by atoms with Gasteiger partial charge in [-0.15, -0.1) is 0 Å². The Morgan fingerprint density at radius 1 is 1.43 bits per heavy atom. The van der Waals surface area contributed by atoms with Crippen LogP contribution in [0.5, 0.6) is 0 Å². The molecule has 21 heavy (non-hydrogen) atoms. The van der Waals surface area contributed by atoms with Gasteiger partial charge < -0.3 is 25.8 Å². The maximum absolute atomic E-state index is 12.2. The van der Waals surface area contributed by atoms with Crippen LogP contribution in [0.15, 0.2) is 23.0 Å². The van der Waals surface area contributed by atoms with Gasteiger partial charge in [0.25, 0.3) is 0 Å². The Morgan fingerprint density at radius 2 is 2.19 bits per heavy atom. The third-order valence-electron chi connectivity index (χ3n) is 3.89. The van der Waals surface area contributed by atoms with Gasteiger partial charge >= 0.3 is 5.69 Å². The molecule has 1 aliphatic heterocycles. The highest BCUT2D eigenvalue weighted by Crippen LogP contribution is 2.20. The van der Waals surface area contributed by atoms with Gasteiger partial charge in [-0.2, -0.15) is 0 Å². The molecular formula is C14H18N4O3. The first-order valence-electron chi connectivity index (χ1n) is 6.87. The lowest BCUT2D eigenvalue weighted by Gasteiger charge is -2.24. The third-order valence-corrected chi connectivity index (χ3v) is 3.89. The maximum atomic E-state index is 12.2. The molecule has 2 atom stereocenters. The zero-order valence-electron chi connectivity index (χ0n) is 11.7. The number of hydrogen-bond donors (Lipinski definition) is 4. The number of carbonyl (C=O) groups excluding carboxylic acids is 1. The van der Waals surface area contributed by atoms with Gasteiger partial charge in [0, 0.05) is 6.61 Å². The number of benzene rings is 1. The van der Waals surface area contributed by atoms with E-state index in [0.717, 1.165) is 11.1 Å². The fraction of sp³-hybridized carbons (Fsp3) is 0.429. The maximum Gasteiger partial charge on any atom is 0.323 e. The molecule has 7 heteroatoms.